The van der Waals surface area contributed by atoms with Crippen LogP contribution in [0, 0.1) is 0 Å². The summed E-state index contributed by atoms with van der Waals surface area (Å²) in [5.41, 5.74) is 0.712. The summed E-state index contributed by atoms with van der Waals surface area (Å²) in [7, 11) is 1.37. The Morgan fingerprint density at radius 1 is 1.65 bits per heavy atom. The Bertz CT molecular complexity index is 479. The van der Waals surface area contributed by atoms with Gasteiger partial charge in [0.15, 0.2) is 5.13 Å². The highest BCUT2D eigenvalue weighted by Gasteiger charge is 2.07. The minimum atomic E-state index is -0.284. The van der Waals surface area contributed by atoms with E-state index in [0.29, 0.717) is 12.2 Å². The van der Waals surface area contributed by atoms with Gasteiger partial charge < -0.3 is 14.5 Å². The molecule has 2 aromatic rings. The van der Waals surface area contributed by atoms with Crippen molar-refractivity contribution in [1.29, 1.82) is 0 Å². The number of carbonyl (C=O) groups excluding carboxylic acids is 1. The normalized spacial score (nSPS) is 10.2. The molecule has 0 fully saturated rings. The topological polar surface area (TPSA) is 64.4 Å². The third-order valence-corrected chi connectivity index (χ3v) is 2.95. The van der Waals surface area contributed by atoms with Crippen LogP contribution in [0.2, 0.25) is 0 Å². The molecular weight excluding hydrogens is 240 g/mol. The summed E-state index contributed by atoms with van der Waals surface area (Å²) in [6, 6.07) is 3.72. The number of nitrogens with zero attached hydrogens (tertiary/aromatic N) is 1. The maximum Gasteiger partial charge on any atom is 0.311 e. The largest absolute Gasteiger partial charge is 0.469 e. The van der Waals surface area contributed by atoms with Crippen LogP contribution in [0.25, 0.3) is 0 Å². The molecule has 2 rings (SSSR count). The molecule has 0 aliphatic rings. The van der Waals surface area contributed by atoms with Gasteiger partial charge in [0.2, 0.25) is 0 Å². The fraction of sp³-hybridized carbons (Fsp3) is 0.273. The molecule has 5 nitrogen and oxygen atoms in total. The van der Waals surface area contributed by atoms with Crippen molar-refractivity contribution < 1.29 is 13.9 Å². The van der Waals surface area contributed by atoms with Gasteiger partial charge in [-0.25, -0.2) is 4.98 Å². The number of furan rings is 1. The summed E-state index contributed by atoms with van der Waals surface area (Å²) in [5, 5.41) is 5.72. The van der Waals surface area contributed by atoms with Crippen LogP contribution < -0.4 is 5.32 Å². The number of ether oxygens (including phenoxy) is 1. The Balaban J connectivity index is 1.88. The standard InChI is InChI=1S/C11H12N2O3S/c1-15-10(14)5-8-7-17-11(13-8)12-6-9-3-2-4-16-9/h2-4,7H,5-6H2,1H3,(H,12,13). The zero-order chi connectivity index (χ0) is 12.1. The van der Waals surface area contributed by atoms with Crippen LogP contribution in [0.3, 0.4) is 0 Å². The molecule has 0 amide bonds. The molecule has 6 heteroatoms. The monoisotopic (exact) mass is 252 g/mol. The summed E-state index contributed by atoms with van der Waals surface area (Å²) in [6.07, 6.45) is 1.83. The van der Waals surface area contributed by atoms with E-state index in [-0.39, 0.29) is 12.4 Å². The smallest absolute Gasteiger partial charge is 0.311 e. The van der Waals surface area contributed by atoms with Gasteiger partial charge >= 0.3 is 5.97 Å². The van der Waals surface area contributed by atoms with Crippen molar-refractivity contribution in [1.82, 2.24) is 4.98 Å². The van der Waals surface area contributed by atoms with E-state index in [1.807, 2.05) is 17.5 Å². The molecule has 0 spiro atoms. The molecule has 0 saturated heterocycles. The van der Waals surface area contributed by atoms with Crippen LogP contribution in [0.5, 0.6) is 0 Å². The summed E-state index contributed by atoms with van der Waals surface area (Å²) in [5.74, 6) is 0.558. The van der Waals surface area contributed by atoms with Crippen LogP contribution in [0.15, 0.2) is 28.2 Å². The van der Waals surface area contributed by atoms with E-state index < -0.39 is 0 Å². The summed E-state index contributed by atoms with van der Waals surface area (Å²) in [6.45, 7) is 0.582. The number of thiazole rings is 1. The third kappa shape index (κ3) is 3.32. The van der Waals surface area contributed by atoms with Gasteiger partial charge in [-0.05, 0) is 12.1 Å². The first-order chi connectivity index (χ1) is 8.28. The minimum absolute atomic E-state index is 0.204. The lowest BCUT2D eigenvalue weighted by Crippen LogP contribution is -2.05. The molecule has 0 bridgehead atoms. The number of carbonyl (C=O) groups is 1. The van der Waals surface area contributed by atoms with E-state index in [9.17, 15) is 4.79 Å². The van der Waals surface area contributed by atoms with Crippen LogP contribution in [0.1, 0.15) is 11.5 Å². The fourth-order valence-corrected chi connectivity index (χ4v) is 1.97. The Morgan fingerprint density at radius 3 is 3.24 bits per heavy atom. The third-order valence-electron chi connectivity index (χ3n) is 2.10. The van der Waals surface area contributed by atoms with Crippen molar-refractivity contribution in [3.05, 3.63) is 35.2 Å². The van der Waals surface area contributed by atoms with Gasteiger partial charge in [-0.2, -0.15) is 0 Å². The molecule has 90 valence electrons. The first-order valence-electron chi connectivity index (χ1n) is 5.05. The van der Waals surface area contributed by atoms with Crippen molar-refractivity contribution in [2.24, 2.45) is 0 Å². The van der Waals surface area contributed by atoms with Crippen molar-refractivity contribution in [3.8, 4) is 0 Å². The molecule has 0 aromatic carbocycles. The van der Waals surface area contributed by atoms with E-state index in [1.54, 1.807) is 6.26 Å². The van der Waals surface area contributed by atoms with Gasteiger partial charge in [-0.15, -0.1) is 11.3 Å². The van der Waals surface area contributed by atoms with Crippen LogP contribution >= 0.6 is 11.3 Å². The van der Waals surface area contributed by atoms with Gasteiger partial charge in [0, 0.05) is 5.38 Å². The predicted octanol–water partition coefficient (Wildman–Crippen LogP) is 2.06. The van der Waals surface area contributed by atoms with E-state index in [0.717, 1.165) is 10.9 Å². The number of hydrogen-bond donors (Lipinski definition) is 1. The van der Waals surface area contributed by atoms with E-state index in [4.69, 9.17) is 4.42 Å². The molecule has 0 atom stereocenters. The number of aromatic nitrogens is 1. The molecule has 0 aliphatic heterocycles. The molecule has 1 N–H and O–H groups in total. The van der Waals surface area contributed by atoms with E-state index in [2.05, 4.69) is 15.0 Å². The fourth-order valence-electron chi connectivity index (χ4n) is 1.27. The summed E-state index contributed by atoms with van der Waals surface area (Å²) in [4.78, 5) is 15.3. The Morgan fingerprint density at radius 2 is 2.53 bits per heavy atom. The maximum absolute atomic E-state index is 11.0. The maximum atomic E-state index is 11.0. The minimum Gasteiger partial charge on any atom is -0.469 e. The Kier molecular flexibility index (Phi) is 3.77. The molecule has 0 saturated carbocycles. The predicted molar refractivity (Wildman–Crippen MR) is 63.9 cm³/mol. The molecule has 0 unspecified atom stereocenters. The van der Waals surface area contributed by atoms with Crippen molar-refractivity contribution in [2.75, 3.05) is 12.4 Å². The number of esters is 1. The van der Waals surface area contributed by atoms with Crippen LogP contribution in [0.4, 0.5) is 5.13 Å². The number of nitrogens with one attached hydrogen (secondary N) is 1. The SMILES string of the molecule is COC(=O)Cc1csc(NCc2ccco2)n1. The lowest BCUT2D eigenvalue weighted by atomic mass is 10.3. The van der Waals surface area contributed by atoms with Crippen molar-refractivity contribution in [3.63, 3.8) is 0 Å². The Hall–Kier alpha value is -1.82. The van der Waals surface area contributed by atoms with Gasteiger partial charge in [0.1, 0.15) is 5.76 Å². The lowest BCUT2D eigenvalue weighted by molar-refractivity contribution is -0.139. The lowest BCUT2D eigenvalue weighted by Gasteiger charge is -1.98. The number of anilines is 1. The highest BCUT2D eigenvalue weighted by molar-refractivity contribution is 7.13. The van der Waals surface area contributed by atoms with E-state index >= 15 is 0 Å². The second kappa shape index (κ2) is 5.49. The van der Waals surface area contributed by atoms with Gasteiger partial charge in [0.25, 0.3) is 0 Å². The second-order valence-corrected chi connectivity index (χ2v) is 4.19. The van der Waals surface area contributed by atoms with Gasteiger partial charge in [-0.1, -0.05) is 0 Å². The van der Waals surface area contributed by atoms with Crippen molar-refractivity contribution in [2.45, 2.75) is 13.0 Å². The molecule has 17 heavy (non-hydrogen) atoms. The van der Waals surface area contributed by atoms with Crippen LogP contribution in [-0.2, 0) is 22.5 Å². The van der Waals surface area contributed by atoms with Crippen molar-refractivity contribution >= 4 is 22.4 Å². The molecule has 2 heterocycles. The quantitative estimate of drug-likeness (QED) is 0.825. The molecular formula is C11H12N2O3S. The molecule has 0 aliphatic carbocycles. The molecule has 2 aromatic heterocycles. The average Bonchev–Trinajstić information content (AvgIpc) is 2.97. The summed E-state index contributed by atoms with van der Waals surface area (Å²) >= 11 is 1.45. The number of methoxy groups -OCH3 is 1. The van der Waals surface area contributed by atoms with Gasteiger partial charge in [0.05, 0.1) is 32.0 Å². The van der Waals surface area contributed by atoms with Crippen LogP contribution in [-0.4, -0.2) is 18.1 Å². The first-order valence-corrected chi connectivity index (χ1v) is 5.93. The number of hydrogen-bond acceptors (Lipinski definition) is 6. The zero-order valence-corrected chi connectivity index (χ0v) is 10.1. The highest BCUT2D eigenvalue weighted by atomic mass is 32.1. The number of rotatable bonds is 5. The average molecular weight is 252 g/mol. The zero-order valence-electron chi connectivity index (χ0n) is 9.30. The van der Waals surface area contributed by atoms with E-state index in [1.165, 1.54) is 18.4 Å². The summed E-state index contributed by atoms with van der Waals surface area (Å²) < 4.78 is 9.76. The second-order valence-electron chi connectivity index (χ2n) is 3.33. The molecule has 0 radical (unpaired) electrons. The van der Waals surface area contributed by atoms with Gasteiger partial charge in [-0.3, -0.25) is 4.79 Å². The Labute approximate surface area is 102 Å². The highest BCUT2D eigenvalue weighted by Crippen LogP contribution is 2.17. The first kappa shape index (κ1) is 11.7.